The molecule has 1 N–H and O–H groups in total. The molecule has 4 atom stereocenters. The second-order valence-corrected chi connectivity index (χ2v) is 8.85. The van der Waals surface area contributed by atoms with Crippen molar-refractivity contribution < 1.29 is 14.4 Å². The Bertz CT molecular complexity index is 826. The Morgan fingerprint density at radius 3 is 2.56 bits per heavy atom. The maximum Gasteiger partial charge on any atom is 0.252 e. The fourth-order valence-corrected chi connectivity index (χ4v) is 5.57. The van der Waals surface area contributed by atoms with Gasteiger partial charge in [-0.3, -0.25) is 24.6 Å². The van der Waals surface area contributed by atoms with E-state index in [1.165, 1.54) is 4.90 Å². The van der Waals surface area contributed by atoms with Crippen molar-refractivity contribution in [1.29, 1.82) is 0 Å². The molecule has 3 aliphatic heterocycles. The van der Waals surface area contributed by atoms with Crippen LogP contribution in [0.1, 0.15) is 25.8 Å². The Hall–Kier alpha value is -1.86. The molecular formula is C20H25N3O3S. The maximum absolute atomic E-state index is 13.5. The number of nitrogens with one attached hydrogen (secondary N) is 1. The van der Waals surface area contributed by atoms with E-state index in [1.54, 1.807) is 23.7 Å². The second-order valence-electron chi connectivity index (χ2n) is 7.87. The molecule has 1 aromatic carbocycles. The number of rotatable bonds is 4. The van der Waals surface area contributed by atoms with Gasteiger partial charge in [0.25, 0.3) is 5.91 Å². The number of para-hydroxylation sites is 1. The number of nitrogens with zero attached hydrogens (tertiary/aromatic N) is 2. The summed E-state index contributed by atoms with van der Waals surface area (Å²) in [4.78, 5) is 43.0. The number of carbonyl (C=O) groups is 3. The first-order valence-corrected chi connectivity index (χ1v) is 10.8. The highest BCUT2D eigenvalue weighted by Gasteiger charge is 2.71. The third kappa shape index (κ3) is 2.27. The molecule has 0 radical (unpaired) electrons. The predicted octanol–water partition coefficient (Wildman–Crippen LogP) is 1.59. The Labute approximate surface area is 163 Å². The minimum absolute atomic E-state index is 0.142. The van der Waals surface area contributed by atoms with E-state index in [2.05, 4.69) is 5.32 Å². The van der Waals surface area contributed by atoms with Crippen molar-refractivity contribution in [1.82, 2.24) is 10.2 Å². The molecule has 0 aromatic heterocycles. The lowest BCUT2D eigenvalue weighted by Gasteiger charge is -2.31. The lowest BCUT2D eigenvalue weighted by Crippen LogP contribution is -2.55. The molecule has 3 aliphatic rings. The van der Waals surface area contributed by atoms with Gasteiger partial charge in [0.2, 0.25) is 11.8 Å². The van der Waals surface area contributed by atoms with E-state index in [1.807, 2.05) is 44.4 Å². The van der Waals surface area contributed by atoms with Crippen molar-refractivity contribution in [2.24, 2.45) is 11.8 Å². The van der Waals surface area contributed by atoms with E-state index >= 15 is 0 Å². The zero-order chi connectivity index (χ0) is 19.5. The van der Waals surface area contributed by atoms with Crippen LogP contribution >= 0.6 is 11.8 Å². The highest BCUT2D eigenvalue weighted by molar-refractivity contribution is 7.98. The number of likely N-dealkylation sites (N-methyl/N-ethyl adjacent to an activating group) is 1. The first kappa shape index (κ1) is 18.5. The van der Waals surface area contributed by atoms with E-state index in [4.69, 9.17) is 0 Å². The summed E-state index contributed by atoms with van der Waals surface area (Å²) in [5.41, 5.74) is 0.476. The molecule has 3 heterocycles. The average Bonchev–Trinajstić information content (AvgIpc) is 3.20. The van der Waals surface area contributed by atoms with Gasteiger partial charge in [0.15, 0.2) is 0 Å². The summed E-state index contributed by atoms with van der Waals surface area (Å²) in [5.74, 6) is -0.815. The lowest BCUT2D eigenvalue weighted by atomic mass is 9.76. The molecular weight excluding hydrogens is 362 g/mol. The van der Waals surface area contributed by atoms with Crippen LogP contribution in [-0.2, 0) is 19.9 Å². The van der Waals surface area contributed by atoms with Crippen molar-refractivity contribution >= 4 is 35.2 Å². The SMILES string of the molecule is CSCC[C@@H]1N[C@]2(C(=O)N(C)c3ccccc32)[C@@H]2C(=O)N(C(C)C)C(=O)[C@H]12. The Balaban J connectivity index is 1.88. The summed E-state index contributed by atoms with van der Waals surface area (Å²) in [6, 6.07) is 7.19. The number of likely N-dealkylation sites (tertiary alicyclic amines) is 1. The van der Waals surface area contributed by atoms with E-state index in [0.29, 0.717) is 0 Å². The van der Waals surface area contributed by atoms with Gasteiger partial charge < -0.3 is 4.90 Å². The highest BCUT2D eigenvalue weighted by Crippen LogP contribution is 2.54. The minimum Gasteiger partial charge on any atom is -0.313 e. The van der Waals surface area contributed by atoms with Crippen molar-refractivity contribution in [3.8, 4) is 0 Å². The average molecular weight is 388 g/mol. The molecule has 7 heteroatoms. The number of carbonyl (C=O) groups excluding carboxylic acids is 3. The molecule has 144 valence electrons. The van der Waals surface area contributed by atoms with Crippen LogP contribution in [0.25, 0.3) is 0 Å². The maximum atomic E-state index is 13.5. The fraction of sp³-hybridized carbons (Fsp3) is 0.550. The predicted molar refractivity (Wildman–Crippen MR) is 105 cm³/mol. The molecule has 2 fully saturated rings. The minimum atomic E-state index is -1.14. The molecule has 0 unspecified atom stereocenters. The number of hydrogen-bond acceptors (Lipinski definition) is 5. The van der Waals surface area contributed by atoms with Gasteiger partial charge in [-0.25, -0.2) is 0 Å². The van der Waals surface area contributed by atoms with Gasteiger partial charge in [0, 0.05) is 30.4 Å². The number of amides is 3. The number of thioether (sulfide) groups is 1. The van der Waals surface area contributed by atoms with Gasteiger partial charge in [0.05, 0.1) is 11.8 Å². The summed E-state index contributed by atoms with van der Waals surface area (Å²) in [6.45, 7) is 3.70. The monoisotopic (exact) mass is 387 g/mol. The molecule has 27 heavy (non-hydrogen) atoms. The highest BCUT2D eigenvalue weighted by atomic mass is 32.2. The molecule has 2 saturated heterocycles. The van der Waals surface area contributed by atoms with Crippen LogP contribution in [0.5, 0.6) is 0 Å². The normalized spacial score (nSPS) is 32.2. The van der Waals surface area contributed by atoms with Crippen LogP contribution in [0.4, 0.5) is 5.69 Å². The third-order valence-electron chi connectivity index (χ3n) is 6.18. The smallest absolute Gasteiger partial charge is 0.252 e. The van der Waals surface area contributed by atoms with Crippen LogP contribution in [0, 0.1) is 11.8 Å². The Morgan fingerprint density at radius 1 is 1.19 bits per heavy atom. The van der Waals surface area contributed by atoms with Gasteiger partial charge in [-0.1, -0.05) is 18.2 Å². The number of hydrogen-bond donors (Lipinski definition) is 1. The fourth-order valence-electron chi connectivity index (χ4n) is 5.08. The topological polar surface area (TPSA) is 69.7 Å². The van der Waals surface area contributed by atoms with Gasteiger partial charge >= 0.3 is 0 Å². The van der Waals surface area contributed by atoms with Crippen LogP contribution in [0.2, 0.25) is 0 Å². The first-order valence-electron chi connectivity index (χ1n) is 9.37. The molecule has 0 aliphatic carbocycles. The van der Waals surface area contributed by atoms with Gasteiger partial charge in [0.1, 0.15) is 5.54 Å². The summed E-state index contributed by atoms with van der Waals surface area (Å²) >= 11 is 1.70. The Morgan fingerprint density at radius 2 is 1.89 bits per heavy atom. The molecule has 4 rings (SSSR count). The van der Waals surface area contributed by atoms with E-state index < -0.39 is 17.4 Å². The number of anilines is 1. The Kier molecular flexibility index (Phi) is 4.35. The van der Waals surface area contributed by atoms with Crippen molar-refractivity contribution in [3.63, 3.8) is 0 Å². The number of benzene rings is 1. The third-order valence-corrected chi connectivity index (χ3v) is 6.82. The van der Waals surface area contributed by atoms with E-state index in [0.717, 1.165) is 23.4 Å². The van der Waals surface area contributed by atoms with Gasteiger partial charge in [-0.2, -0.15) is 11.8 Å². The lowest BCUT2D eigenvalue weighted by molar-refractivity contribution is -0.144. The van der Waals surface area contributed by atoms with Gasteiger partial charge in [-0.05, 0) is 38.3 Å². The zero-order valence-corrected chi connectivity index (χ0v) is 16.9. The number of imide groups is 1. The molecule has 3 amide bonds. The summed E-state index contributed by atoms with van der Waals surface area (Å²) in [7, 11) is 1.74. The molecule has 1 spiro atoms. The molecule has 6 nitrogen and oxygen atoms in total. The summed E-state index contributed by atoms with van der Waals surface area (Å²) in [6.07, 6.45) is 2.77. The molecule has 0 saturated carbocycles. The molecule has 0 bridgehead atoms. The summed E-state index contributed by atoms with van der Waals surface area (Å²) in [5, 5.41) is 3.49. The van der Waals surface area contributed by atoms with E-state index in [-0.39, 0.29) is 29.8 Å². The quantitative estimate of drug-likeness (QED) is 0.795. The summed E-state index contributed by atoms with van der Waals surface area (Å²) < 4.78 is 0. The van der Waals surface area contributed by atoms with Crippen LogP contribution in [0.15, 0.2) is 24.3 Å². The van der Waals surface area contributed by atoms with Crippen LogP contribution < -0.4 is 10.2 Å². The van der Waals surface area contributed by atoms with Crippen LogP contribution in [0.3, 0.4) is 0 Å². The van der Waals surface area contributed by atoms with Crippen molar-refractivity contribution in [2.75, 3.05) is 24.0 Å². The standard InChI is InChI=1S/C20H25N3O3S/c1-11(2)23-17(24)15-13(9-10-27-4)21-20(16(15)18(23)25)12-7-5-6-8-14(12)22(3)19(20)26/h5-8,11,13,15-16,21H,9-10H2,1-4H3/t13-,15+,16-,20-/m0/s1. The second kappa shape index (κ2) is 6.34. The number of fused-ring (bicyclic) bond motifs is 4. The van der Waals surface area contributed by atoms with Crippen LogP contribution in [-0.4, -0.2) is 53.8 Å². The van der Waals surface area contributed by atoms with E-state index in [9.17, 15) is 14.4 Å². The first-order chi connectivity index (χ1) is 12.9. The molecule has 1 aromatic rings. The van der Waals surface area contributed by atoms with Crippen molar-refractivity contribution in [2.45, 2.75) is 37.9 Å². The van der Waals surface area contributed by atoms with Gasteiger partial charge in [-0.15, -0.1) is 0 Å². The zero-order valence-electron chi connectivity index (χ0n) is 16.1. The van der Waals surface area contributed by atoms with Crippen molar-refractivity contribution in [3.05, 3.63) is 29.8 Å². The largest absolute Gasteiger partial charge is 0.313 e.